The van der Waals surface area contributed by atoms with Gasteiger partial charge >= 0.3 is 8.03 Å². The van der Waals surface area contributed by atoms with Crippen LogP contribution >= 0.6 is 8.03 Å². The zero-order valence-corrected chi connectivity index (χ0v) is 11.4. The molecule has 0 N–H and O–H groups in total. The van der Waals surface area contributed by atoms with Crippen molar-refractivity contribution >= 4 is 8.03 Å². The first kappa shape index (κ1) is 15.1. The Kier molecular flexibility index (Phi) is 10.6. The van der Waals surface area contributed by atoms with Crippen LogP contribution in [0.5, 0.6) is 0 Å². The molecule has 0 aliphatic carbocycles. The molecule has 0 aliphatic rings. The van der Waals surface area contributed by atoms with E-state index in [1.807, 2.05) is 0 Å². The van der Waals surface area contributed by atoms with Gasteiger partial charge in [0.2, 0.25) is 0 Å². The highest BCUT2D eigenvalue weighted by Gasteiger charge is 2.16. The van der Waals surface area contributed by atoms with Crippen LogP contribution in [0.4, 0.5) is 0 Å². The zero-order chi connectivity index (χ0) is 11.5. The van der Waals surface area contributed by atoms with E-state index < -0.39 is 8.03 Å². The maximum absolute atomic E-state index is 11.4. The van der Waals surface area contributed by atoms with Crippen molar-refractivity contribution in [3.63, 3.8) is 0 Å². The van der Waals surface area contributed by atoms with Gasteiger partial charge in [0.25, 0.3) is 0 Å². The van der Waals surface area contributed by atoms with Crippen molar-refractivity contribution in [2.24, 2.45) is 5.92 Å². The second-order valence-electron chi connectivity index (χ2n) is 4.51. The third kappa shape index (κ3) is 12.0. The molecular weight excluding hydrogens is 207 g/mol. The minimum atomic E-state index is -1.39. The van der Waals surface area contributed by atoms with Crippen LogP contribution in [-0.2, 0) is 9.09 Å². The van der Waals surface area contributed by atoms with Crippen LogP contribution in [0, 0.1) is 5.92 Å². The Morgan fingerprint density at radius 3 is 2.27 bits per heavy atom. The Morgan fingerprint density at radius 1 is 1.07 bits per heavy atom. The third-order valence-corrected chi connectivity index (χ3v) is 3.36. The standard InChI is InChI=1S/C12H26O2P/c1-4-5-6-7-8-9-10-15(13)14-11-12(2)3/h12H,4-11H2,1-3H3/q+1. The maximum Gasteiger partial charge on any atom is 0.508 e. The molecular formula is C12H26O2P+. The molecule has 0 heterocycles. The van der Waals surface area contributed by atoms with Crippen molar-refractivity contribution in [2.75, 3.05) is 12.8 Å². The third-order valence-electron chi connectivity index (χ3n) is 2.25. The first-order chi connectivity index (χ1) is 7.16. The second kappa shape index (κ2) is 10.6. The van der Waals surface area contributed by atoms with Gasteiger partial charge < -0.3 is 0 Å². The van der Waals surface area contributed by atoms with E-state index in [0.29, 0.717) is 12.5 Å². The molecule has 0 saturated heterocycles. The first-order valence-electron chi connectivity index (χ1n) is 6.24. The van der Waals surface area contributed by atoms with Crippen LogP contribution in [0.25, 0.3) is 0 Å². The largest absolute Gasteiger partial charge is 0.508 e. The Bertz CT molecular complexity index is 158. The molecule has 1 unspecified atom stereocenters. The van der Waals surface area contributed by atoms with Crippen molar-refractivity contribution in [1.82, 2.24) is 0 Å². The summed E-state index contributed by atoms with van der Waals surface area (Å²) >= 11 is 0. The predicted octanol–water partition coefficient (Wildman–Crippen LogP) is 4.76. The molecule has 1 atom stereocenters. The van der Waals surface area contributed by atoms with Crippen LogP contribution < -0.4 is 0 Å². The zero-order valence-electron chi connectivity index (χ0n) is 10.5. The van der Waals surface area contributed by atoms with E-state index in [0.717, 1.165) is 12.6 Å². The van der Waals surface area contributed by atoms with Gasteiger partial charge in [0.05, 0.1) is 0 Å². The van der Waals surface area contributed by atoms with E-state index in [4.69, 9.17) is 4.52 Å². The molecule has 3 heteroatoms. The van der Waals surface area contributed by atoms with E-state index in [1.165, 1.54) is 32.1 Å². The summed E-state index contributed by atoms with van der Waals surface area (Å²) in [7, 11) is -1.39. The highest BCUT2D eigenvalue weighted by atomic mass is 31.1. The van der Waals surface area contributed by atoms with Crippen molar-refractivity contribution in [1.29, 1.82) is 0 Å². The quantitative estimate of drug-likeness (QED) is 0.401. The van der Waals surface area contributed by atoms with Gasteiger partial charge in [0.1, 0.15) is 6.61 Å². The summed E-state index contributed by atoms with van der Waals surface area (Å²) in [4.78, 5) is 0. The molecule has 0 saturated carbocycles. The molecule has 0 bridgehead atoms. The molecule has 0 aromatic rings. The molecule has 0 aromatic carbocycles. The fraction of sp³-hybridized carbons (Fsp3) is 1.00. The lowest BCUT2D eigenvalue weighted by molar-refractivity contribution is 0.282. The predicted molar refractivity (Wildman–Crippen MR) is 66.6 cm³/mol. The number of rotatable bonds is 10. The molecule has 0 amide bonds. The topological polar surface area (TPSA) is 26.3 Å². The summed E-state index contributed by atoms with van der Waals surface area (Å²) in [5, 5.41) is 0. The highest BCUT2D eigenvalue weighted by Crippen LogP contribution is 2.25. The van der Waals surface area contributed by atoms with Crippen molar-refractivity contribution < 1.29 is 9.09 Å². The van der Waals surface area contributed by atoms with Gasteiger partial charge in [-0.25, -0.2) is 0 Å². The maximum atomic E-state index is 11.4. The van der Waals surface area contributed by atoms with E-state index >= 15 is 0 Å². The van der Waals surface area contributed by atoms with Crippen LogP contribution in [0.2, 0.25) is 0 Å². The van der Waals surface area contributed by atoms with Crippen molar-refractivity contribution in [3.05, 3.63) is 0 Å². The lowest BCUT2D eigenvalue weighted by Gasteiger charge is -1.97. The smallest absolute Gasteiger partial charge is 0.146 e. The van der Waals surface area contributed by atoms with E-state index in [-0.39, 0.29) is 0 Å². The summed E-state index contributed by atoms with van der Waals surface area (Å²) in [5.74, 6) is 0.480. The fourth-order valence-corrected chi connectivity index (χ4v) is 2.39. The molecule has 2 nitrogen and oxygen atoms in total. The minimum Gasteiger partial charge on any atom is -0.146 e. The SMILES string of the molecule is CCCCCCCC[P+](=O)OCC(C)C. The molecule has 0 fully saturated rings. The molecule has 0 spiro atoms. The second-order valence-corrected chi connectivity index (χ2v) is 5.88. The minimum absolute atomic E-state index is 0.480. The Labute approximate surface area is 95.7 Å². The van der Waals surface area contributed by atoms with Crippen molar-refractivity contribution in [2.45, 2.75) is 59.3 Å². The van der Waals surface area contributed by atoms with Gasteiger partial charge in [0, 0.05) is 0 Å². The van der Waals surface area contributed by atoms with Gasteiger partial charge in [-0.2, -0.15) is 0 Å². The Morgan fingerprint density at radius 2 is 1.67 bits per heavy atom. The summed E-state index contributed by atoms with van der Waals surface area (Å²) in [6, 6.07) is 0. The summed E-state index contributed by atoms with van der Waals surface area (Å²) in [6.45, 7) is 7.00. The van der Waals surface area contributed by atoms with E-state index in [9.17, 15) is 4.57 Å². The monoisotopic (exact) mass is 233 g/mol. The lowest BCUT2D eigenvalue weighted by Crippen LogP contribution is -1.97. The van der Waals surface area contributed by atoms with Gasteiger partial charge in [-0.05, 0) is 23.3 Å². The molecule has 0 rings (SSSR count). The number of hydrogen-bond donors (Lipinski definition) is 0. The molecule has 15 heavy (non-hydrogen) atoms. The number of hydrogen-bond acceptors (Lipinski definition) is 2. The van der Waals surface area contributed by atoms with Gasteiger partial charge in [0.15, 0.2) is 6.16 Å². The fourth-order valence-electron chi connectivity index (χ4n) is 1.32. The van der Waals surface area contributed by atoms with E-state index in [2.05, 4.69) is 20.8 Å². The lowest BCUT2D eigenvalue weighted by atomic mass is 10.1. The van der Waals surface area contributed by atoms with Crippen molar-refractivity contribution in [3.8, 4) is 0 Å². The van der Waals surface area contributed by atoms with Gasteiger partial charge in [-0.1, -0.05) is 46.5 Å². The summed E-state index contributed by atoms with van der Waals surface area (Å²) in [6.07, 6.45) is 8.21. The molecule has 0 radical (unpaired) electrons. The highest BCUT2D eigenvalue weighted by molar-refractivity contribution is 7.39. The van der Waals surface area contributed by atoms with Crippen LogP contribution in [0.3, 0.4) is 0 Å². The Hall–Kier alpha value is 0.0600. The molecule has 90 valence electrons. The van der Waals surface area contributed by atoms with Crippen LogP contribution in [-0.4, -0.2) is 12.8 Å². The summed E-state index contributed by atoms with van der Waals surface area (Å²) in [5.41, 5.74) is 0. The van der Waals surface area contributed by atoms with Crippen LogP contribution in [0.15, 0.2) is 0 Å². The number of unbranched alkanes of at least 4 members (excludes halogenated alkanes) is 5. The van der Waals surface area contributed by atoms with E-state index in [1.54, 1.807) is 0 Å². The molecule has 0 aromatic heterocycles. The normalized spacial score (nSPS) is 12.1. The Balaban J connectivity index is 3.17. The van der Waals surface area contributed by atoms with Gasteiger partial charge in [-0.15, -0.1) is 4.52 Å². The molecule has 0 aliphatic heterocycles. The van der Waals surface area contributed by atoms with Crippen LogP contribution in [0.1, 0.15) is 59.3 Å². The van der Waals surface area contributed by atoms with Gasteiger partial charge in [-0.3, -0.25) is 0 Å². The first-order valence-corrected chi connectivity index (χ1v) is 7.60. The average molecular weight is 233 g/mol. The average Bonchev–Trinajstić information content (AvgIpc) is 2.20. The summed E-state index contributed by atoms with van der Waals surface area (Å²) < 4.78 is 16.6.